The summed E-state index contributed by atoms with van der Waals surface area (Å²) in [4.78, 5) is 24.7. The molecule has 2 aromatic rings. The summed E-state index contributed by atoms with van der Waals surface area (Å²) >= 11 is 5.76. The van der Waals surface area contributed by atoms with Crippen molar-refractivity contribution in [3.8, 4) is 0 Å². The highest BCUT2D eigenvalue weighted by molar-refractivity contribution is 6.30. The van der Waals surface area contributed by atoms with Crippen LogP contribution in [0.15, 0.2) is 36.4 Å². The van der Waals surface area contributed by atoms with Crippen LogP contribution in [0.5, 0.6) is 0 Å². The number of amides is 2. The quantitative estimate of drug-likeness (QED) is 0.630. The minimum Gasteiger partial charge on any atom is -0.325 e. The number of nitrogens with one attached hydrogen (secondary N) is 2. The van der Waals surface area contributed by atoms with Gasteiger partial charge in [0.25, 0.3) is 0 Å². The van der Waals surface area contributed by atoms with Crippen LogP contribution < -0.4 is 10.6 Å². The lowest BCUT2D eigenvalue weighted by Crippen LogP contribution is -2.36. The Bertz CT molecular complexity index is 852. The van der Waals surface area contributed by atoms with Crippen molar-refractivity contribution in [3.63, 3.8) is 0 Å². The van der Waals surface area contributed by atoms with Crippen LogP contribution in [-0.4, -0.2) is 11.8 Å². The zero-order valence-corrected chi connectivity index (χ0v) is 13.5. The van der Waals surface area contributed by atoms with E-state index in [1.54, 1.807) is 24.3 Å². The second-order valence-corrected chi connectivity index (χ2v) is 6.16. The van der Waals surface area contributed by atoms with Gasteiger partial charge in [0.2, 0.25) is 11.8 Å². The highest BCUT2D eigenvalue weighted by Gasteiger charge is 2.56. The van der Waals surface area contributed by atoms with Gasteiger partial charge in [-0.15, -0.1) is 0 Å². The van der Waals surface area contributed by atoms with E-state index in [1.807, 2.05) is 0 Å². The molecular formula is C17H12ClF3N2O2. The molecule has 8 heteroatoms. The number of carbonyl (C=O) groups is 2. The highest BCUT2D eigenvalue weighted by Crippen LogP contribution is 2.47. The fraction of sp³-hybridized carbons (Fsp3) is 0.176. The average Bonchev–Trinajstić information content (AvgIpc) is 3.39. The molecular weight excluding hydrogens is 357 g/mol. The summed E-state index contributed by atoms with van der Waals surface area (Å²) in [5, 5.41) is 5.23. The molecule has 0 aliphatic heterocycles. The first-order valence-electron chi connectivity index (χ1n) is 7.35. The Labute approximate surface area is 146 Å². The number of hydrogen-bond acceptors (Lipinski definition) is 2. The molecule has 2 aromatic carbocycles. The summed E-state index contributed by atoms with van der Waals surface area (Å²) in [6, 6.07) is 7.90. The van der Waals surface area contributed by atoms with E-state index < -0.39 is 40.4 Å². The molecule has 1 fully saturated rings. The topological polar surface area (TPSA) is 58.2 Å². The summed E-state index contributed by atoms with van der Waals surface area (Å²) in [6.45, 7) is 0. The molecule has 25 heavy (non-hydrogen) atoms. The predicted octanol–water partition coefficient (Wildman–Crippen LogP) is 4.11. The molecule has 3 rings (SSSR count). The maximum absolute atomic E-state index is 13.7. The Hall–Kier alpha value is -2.54. The summed E-state index contributed by atoms with van der Waals surface area (Å²) in [7, 11) is 0. The molecule has 0 saturated heterocycles. The van der Waals surface area contributed by atoms with Crippen molar-refractivity contribution >= 4 is 34.8 Å². The van der Waals surface area contributed by atoms with Gasteiger partial charge in [0.15, 0.2) is 17.5 Å². The van der Waals surface area contributed by atoms with Crippen molar-refractivity contribution in [1.82, 2.24) is 0 Å². The van der Waals surface area contributed by atoms with Crippen LogP contribution >= 0.6 is 11.6 Å². The molecule has 4 nitrogen and oxygen atoms in total. The second kappa shape index (κ2) is 6.40. The highest BCUT2D eigenvalue weighted by atomic mass is 35.5. The molecule has 1 aliphatic rings. The fourth-order valence-corrected chi connectivity index (χ4v) is 2.46. The summed E-state index contributed by atoms with van der Waals surface area (Å²) < 4.78 is 39.9. The minimum atomic E-state index is -1.69. The van der Waals surface area contributed by atoms with Crippen molar-refractivity contribution in [2.24, 2.45) is 5.41 Å². The van der Waals surface area contributed by atoms with E-state index in [4.69, 9.17) is 11.6 Å². The molecule has 2 amide bonds. The van der Waals surface area contributed by atoms with Gasteiger partial charge in [-0.05, 0) is 49.2 Å². The Balaban J connectivity index is 1.74. The van der Waals surface area contributed by atoms with E-state index >= 15 is 0 Å². The number of benzene rings is 2. The molecule has 130 valence electrons. The van der Waals surface area contributed by atoms with Crippen LogP contribution in [0.1, 0.15) is 12.8 Å². The molecule has 0 spiro atoms. The maximum atomic E-state index is 13.7. The number of anilines is 2. The van der Waals surface area contributed by atoms with E-state index in [9.17, 15) is 22.8 Å². The molecule has 0 heterocycles. The Morgan fingerprint density at radius 3 is 2.08 bits per heavy atom. The van der Waals surface area contributed by atoms with Crippen molar-refractivity contribution in [1.29, 1.82) is 0 Å². The third kappa shape index (κ3) is 3.32. The first-order valence-corrected chi connectivity index (χ1v) is 7.73. The van der Waals surface area contributed by atoms with Gasteiger partial charge in [-0.3, -0.25) is 9.59 Å². The average molecular weight is 369 g/mol. The van der Waals surface area contributed by atoms with Crippen LogP contribution in [0.4, 0.5) is 24.5 Å². The normalized spacial score (nSPS) is 14.7. The van der Waals surface area contributed by atoms with E-state index in [0.717, 1.165) is 6.07 Å². The van der Waals surface area contributed by atoms with Gasteiger partial charge in [-0.2, -0.15) is 0 Å². The fourth-order valence-electron chi connectivity index (χ4n) is 2.33. The van der Waals surface area contributed by atoms with Gasteiger partial charge in [-0.1, -0.05) is 11.6 Å². The van der Waals surface area contributed by atoms with E-state index in [0.29, 0.717) is 16.8 Å². The summed E-state index contributed by atoms with van der Waals surface area (Å²) in [6.07, 6.45) is 0.535. The lowest BCUT2D eigenvalue weighted by Gasteiger charge is -2.16. The zero-order chi connectivity index (χ0) is 18.2. The number of hydrogen-bond donors (Lipinski definition) is 2. The van der Waals surface area contributed by atoms with Crippen molar-refractivity contribution in [2.75, 3.05) is 10.6 Å². The molecule has 0 aromatic heterocycles. The Morgan fingerprint density at radius 1 is 0.880 bits per heavy atom. The molecule has 1 saturated carbocycles. The Morgan fingerprint density at radius 2 is 1.48 bits per heavy atom. The third-order valence-corrected chi connectivity index (χ3v) is 4.26. The predicted molar refractivity (Wildman–Crippen MR) is 86.7 cm³/mol. The van der Waals surface area contributed by atoms with Crippen LogP contribution in [0.2, 0.25) is 5.02 Å². The van der Waals surface area contributed by atoms with Crippen LogP contribution in [0.3, 0.4) is 0 Å². The van der Waals surface area contributed by atoms with Gasteiger partial charge in [0, 0.05) is 10.7 Å². The standard InChI is InChI=1S/C17H12ClF3N2O2/c18-9-1-3-10(4-2-9)22-15(24)17(7-8-17)16(25)23-12-6-5-11(19)13(20)14(12)21/h1-6H,7-8H2,(H,22,24)(H,23,25). The van der Waals surface area contributed by atoms with E-state index in [2.05, 4.69) is 10.6 Å². The number of halogens is 4. The zero-order valence-electron chi connectivity index (χ0n) is 12.7. The first-order chi connectivity index (χ1) is 11.8. The van der Waals surface area contributed by atoms with Gasteiger partial charge in [-0.25, -0.2) is 13.2 Å². The van der Waals surface area contributed by atoms with Crippen molar-refractivity contribution in [3.05, 3.63) is 58.9 Å². The molecule has 1 aliphatic carbocycles. The largest absolute Gasteiger partial charge is 0.325 e. The summed E-state index contributed by atoms with van der Waals surface area (Å²) in [5.74, 6) is -5.90. The van der Waals surface area contributed by atoms with Crippen LogP contribution in [0.25, 0.3) is 0 Å². The minimum absolute atomic E-state index is 0.267. The second-order valence-electron chi connectivity index (χ2n) is 5.72. The van der Waals surface area contributed by atoms with Crippen LogP contribution in [0, 0.1) is 22.9 Å². The molecule has 0 unspecified atom stereocenters. The van der Waals surface area contributed by atoms with E-state index in [1.165, 1.54) is 0 Å². The van der Waals surface area contributed by atoms with E-state index in [-0.39, 0.29) is 12.8 Å². The number of rotatable bonds is 4. The van der Waals surface area contributed by atoms with Crippen molar-refractivity contribution < 1.29 is 22.8 Å². The lowest BCUT2D eigenvalue weighted by molar-refractivity contribution is -0.131. The molecule has 0 atom stereocenters. The summed E-state index contributed by atoms with van der Waals surface area (Å²) in [5.41, 5.74) is -1.43. The molecule has 0 radical (unpaired) electrons. The molecule has 2 N–H and O–H groups in total. The van der Waals surface area contributed by atoms with Crippen LogP contribution in [-0.2, 0) is 9.59 Å². The maximum Gasteiger partial charge on any atom is 0.240 e. The first kappa shape index (κ1) is 17.3. The monoisotopic (exact) mass is 368 g/mol. The van der Waals surface area contributed by atoms with Crippen molar-refractivity contribution in [2.45, 2.75) is 12.8 Å². The van der Waals surface area contributed by atoms with Gasteiger partial charge >= 0.3 is 0 Å². The third-order valence-electron chi connectivity index (χ3n) is 4.00. The lowest BCUT2D eigenvalue weighted by atomic mass is 10.0. The Kier molecular flexibility index (Phi) is 4.43. The molecule has 0 bridgehead atoms. The van der Waals surface area contributed by atoms with Gasteiger partial charge < -0.3 is 10.6 Å². The SMILES string of the molecule is O=C(Nc1ccc(Cl)cc1)C1(C(=O)Nc2ccc(F)c(F)c2F)CC1. The smallest absolute Gasteiger partial charge is 0.240 e. The number of carbonyl (C=O) groups excluding carboxylic acids is 2. The van der Waals surface area contributed by atoms with Gasteiger partial charge in [0.1, 0.15) is 5.41 Å². The van der Waals surface area contributed by atoms with Gasteiger partial charge in [0.05, 0.1) is 5.69 Å².